The number of H-pyrrole nitrogens is 1. The number of benzene rings is 1. The van der Waals surface area contributed by atoms with Gasteiger partial charge in [0.25, 0.3) is 5.56 Å². The first kappa shape index (κ1) is 21.3. The monoisotopic (exact) mass is 452 g/mol. The van der Waals surface area contributed by atoms with E-state index >= 15 is 0 Å². The number of phenols is 1. The second kappa shape index (κ2) is 8.52. The lowest BCUT2D eigenvalue weighted by Crippen LogP contribution is -2.24. The van der Waals surface area contributed by atoms with Crippen molar-refractivity contribution in [2.75, 3.05) is 0 Å². The summed E-state index contributed by atoms with van der Waals surface area (Å²) in [5.74, 6) is -0.370. The minimum absolute atomic E-state index is 0.0941. The SMILES string of the molecule is CC/C(=N\NC(=O)Cc1nc2sc(C)c(C)c2c(=O)[nH]1)c1cc(Cl)cc(Cl)c1O. The van der Waals surface area contributed by atoms with Crippen molar-refractivity contribution in [1.29, 1.82) is 0 Å². The number of rotatable bonds is 5. The third-order valence-corrected chi connectivity index (χ3v) is 6.01. The molecule has 0 aliphatic carbocycles. The highest BCUT2D eigenvalue weighted by molar-refractivity contribution is 7.18. The minimum atomic E-state index is -0.462. The van der Waals surface area contributed by atoms with E-state index in [2.05, 4.69) is 20.5 Å². The fourth-order valence-corrected chi connectivity index (χ4v) is 4.36. The lowest BCUT2D eigenvalue weighted by Gasteiger charge is -2.09. The summed E-state index contributed by atoms with van der Waals surface area (Å²) in [7, 11) is 0. The maximum Gasteiger partial charge on any atom is 0.259 e. The highest BCUT2D eigenvalue weighted by Crippen LogP contribution is 2.32. The van der Waals surface area contributed by atoms with Crippen LogP contribution < -0.4 is 11.0 Å². The number of hydrogen-bond donors (Lipinski definition) is 3. The Morgan fingerprint density at radius 2 is 2.07 bits per heavy atom. The molecule has 10 heteroatoms. The lowest BCUT2D eigenvalue weighted by molar-refractivity contribution is -0.120. The molecule has 3 aromatic rings. The van der Waals surface area contributed by atoms with Crippen molar-refractivity contribution in [2.24, 2.45) is 5.10 Å². The van der Waals surface area contributed by atoms with E-state index in [1.54, 1.807) is 0 Å². The third-order valence-electron chi connectivity index (χ3n) is 4.41. The molecule has 0 radical (unpaired) electrons. The number of phenolic OH excluding ortho intramolecular Hbond substituents is 1. The molecule has 1 aromatic carbocycles. The number of thiophene rings is 1. The summed E-state index contributed by atoms with van der Waals surface area (Å²) >= 11 is 13.4. The van der Waals surface area contributed by atoms with Gasteiger partial charge in [-0.25, -0.2) is 10.4 Å². The summed E-state index contributed by atoms with van der Waals surface area (Å²) in [5.41, 5.74) is 3.79. The lowest BCUT2D eigenvalue weighted by atomic mass is 10.1. The molecule has 0 unspecified atom stereocenters. The van der Waals surface area contributed by atoms with Crippen LogP contribution in [0.5, 0.6) is 5.75 Å². The van der Waals surface area contributed by atoms with Gasteiger partial charge in [0.1, 0.15) is 16.4 Å². The van der Waals surface area contributed by atoms with E-state index in [-0.39, 0.29) is 28.6 Å². The molecule has 0 spiro atoms. The molecule has 29 heavy (non-hydrogen) atoms. The number of hydrogen-bond acceptors (Lipinski definition) is 6. The van der Waals surface area contributed by atoms with Crippen LogP contribution in [-0.2, 0) is 11.2 Å². The van der Waals surface area contributed by atoms with Gasteiger partial charge in [-0.15, -0.1) is 11.3 Å². The minimum Gasteiger partial charge on any atom is -0.506 e. The molecule has 0 atom stereocenters. The van der Waals surface area contributed by atoms with E-state index in [1.807, 2.05) is 20.8 Å². The van der Waals surface area contributed by atoms with Crippen molar-refractivity contribution >= 4 is 56.4 Å². The number of nitrogens with zero attached hydrogens (tertiary/aromatic N) is 2. The van der Waals surface area contributed by atoms with Gasteiger partial charge in [0.2, 0.25) is 5.91 Å². The summed E-state index contributed by atoms with van der Waals surface area (Å²) in [6.45, 7) is 5.61. The first-order chi connectivity index (χ1) is 13.7. The van der Waals surface area contributed by atoms with Gasteiger partial charge in [0.15, 0.2) is 0 Å². The Labute approximate surface area is 180 Å². The van der Waals surface area contributed by atoms with Crippen molar-refractivity contribution < 1.29 is 9.90 Å². The first-order valence-corrected chi connectivity index (χ1v) is 10.3. The zero-order valence-corrected chi connectivity index (χ0v) is 18.2. The van der Waals surface area contributed by atoms with Crippen LogP contribution >= 0.6 is 34.5 Å². The van der Waals surface area contributed by atoms with Gasteiger partial charge in [-0.2, -0.15) is 5.10 Å². The van der Waals surface area contributed by atoms with Crippen molar-refractivity contribution in [3.05, 3.63) is 54.4 Å². The predicted octanol–water partition coefficient (Wildman–Crippen LogP) is 4.09. The summed E-state index contributed by atoms with van der Waals surface area (Å²) < 4.78 is 0. The standard InChI is InChI=1S/C19H18Cl2N4O3S/c1-4-13(11-5-10(20)6-12(21)17(11)27)24-25-15(26)7-14-22-18(28)16-8(2)9(3)29-19(16)23-14/h5-6,27H,4,7H2,1-3H3,(H,25,26)(H,22,23,28)/b24-13+. The highest BCUT2D eigenvalue weighted by atomic mass is 35.5. The smallest absolute Gasteiger partial charge is 0.259 e. The molecule has 0 saturated carbocycles. The number of fused-ring (bicyclic) bond motifs is 1. The molecular weight excluding hydrogens is 435 g/mol. The average Bonchev–Trinajstić information content (AvgIpc) is 2.93. The molecule has 0 aliphatic rings. The Hall–Kier alpha value is -2.42. The molecule has 0 fully saturated rings. The number of carbonyl (C=O) groups excluding carboxylic acids is 1. The topological polar surface area (TPSA) is 107 Å². The van der Waals surface area contributed by atoms with E-state index in [0.717, 1.165) is 10.4 Å². The Balaban J connectivity index is 1.82. The van der Waals surface area contributed by atoms with Crippen LogP contribution in [0.25, 0.3) is 10.2 Å². The quantitative estimate of drug-likeness (QED) is 0.400. The predicted molar refractivity (Wildman–Crippen MR) is 117 cm³/mol. The van der Waals surface area contributed by atoms with E-state index in [4.69, 9.17) is 23.2 Å². The molecule has 2 heterocycles. The van der Waals surface area contributed by atoms with Crippen LogP contribution in [-0.4, -0.2) is 26.7 Å². The van der Waals surface area contributed by atoms with Gasteiger partial charge >= 0.3 is 0 Å². The first-order valence-electron chi connectivity index (χ1n) is 8.73. The fourth-order valence-electron chi connectivity index (χ4n) is 2.82. The number of hydrazone groups is 1. The van der Waals surface area contributed by atoms with Crippen LogP contribution in [0.4, 0.5) is 0 Å². The zero-order chi connectivity index (χ0) is 21.3. The number of aromatic hydroxyl groups is 1. The largest absolute Gasteiger partial charge is 0.506 e. The Morgan fingerprint density at radius 3 is 2.76 bits per heavy atom. The summed E-state index contributed by atoms with van der Waals surface area (Å²) in [6.07, 6.45) is 0.267. The van der Waals surface area contributed by atoms with Gasteiger partial charge in [0, 0.05) is 15.5 Å². The molecule has 0 saturated heterocycles. The maximum atomic E-state index is 12.3. The van der Waals surface area contributed by atoms with Gasteiger partial charge in [-0.1, -0.05) is 30.1 Å². The number of aromatic amines is 1. The average molecular weight is 453 g/mol. The van der Waals surface area contributed by atoms with Crippen molar-refractivity contribution in [2.45, 2.75) is 33.6 Å². The van der Waals surface area contributed by atoms with Gasteiger partial charge in [0.05, 0.1) is 22.5 Å². The number of amides is 1. The summed E-state index contributed by atoms with van der Waals surface area (Å²) in [6, 6.07) is 2.94. The normalized spacial score (nSPS) is 11.8. The van der Waals surface area contributed by atoms with Crippen LogP contribution in [0.2, 0.25) is 10.0 Å². The van der Waals surface area contributed by atoms with Crippen LogP contribution in [0.15, 0.2) is 22.0 Å². The number of aromatic nitrogens is 2. The number of aryl methyl sites for hydroxylation is 2. The number of carbonyl (C=O) groups is 1. The molecule has 2 aromatic heterocycles. The van der Waals surface area contributed by atoms with Crippen molar-refractivity contribution in [1.82, 2.24) is 15.4 Å². The van der Waals surface area contributed by atoms with Gasteiger partial charge in [-0.3, -0.25) is 9.59 Å². The van der Waals surface area contributed by atoms with E-state index in [9.17, 15) is 14.7 Å². The van der Waals surface area contributed by atoms with E-state index < -0.39 is 5.91 Å². The Kier molecular flexibility index (Phi) is 6.26. The summed E-state index contributed by atoms with van der Waals surface area (Å²) in [4.78, 5) is 33.3. The van der Waals surface area contributed by atoms with Crippen molar-refractivity contribution in [3.63, 3.8) is 0 Å². The second-order valence-electron chi connectivity index (χ2n) is 6.38. The van der Waals surface area contributed by atoms with Crippen LogP contribution in [0.3, 0.4) is 0 Å². The molecule has 0 bridgehead atoms. The van der Waals surface area contributed by atoms with Crippen LogP contribution in [0, 0.1) is 13.8 Å². The van der Waals surface area contributed by atoms with E-state index in [1.165, 1.54) is 23.5 Å². The maximum absolute atomic E-state index is 12.3. The van der Waals surface area contributed by atoms with E-state index in [0.29, 0.717) is 32.9 Å². The molecule has 3 rings (SSSR count). The number of nitrogens with one attached hydrogen (secondary N) is 2. The van der Waals surface area contributed by atoms with Gasteiger partial charge < -0.3 is 10.1 Å². The molecule has 7 nitrogen and oxygen atoms in total. The van der Waals surface area contributed by atoms with Crippen molar-refractivity contribution in [3.8, 4) is 5.75 Å². The van der Waals surface area contributed by atoms with Gasteiger partial charge in [-0.05, 0) is 38.0 Å². The number of halogens is 2. The Morgan fingerprint density at radius 1 is 1.34 bits per heavy atom. The summed E-state index contributed by atoms with van der Waals surface area (Å²) in [5, 5.41) is 15.2. The molecule has 3 N–H and O–H groups in total. The molecular formula is C19H18Cl2N4O3S. The zero-order valence-electron chi connectivity index (χ0n) is 15.9. The fraction of sp³-hybridized carbons (Fsp3) is 0.263. The second-order valence-corrected chi connectivity index (χ2v) is 8.43. The molecule has 152 valence electrons. The molecule has 0 aliphatic heterocycles. The molecule has 1 amide bonds. The Bertz CT molecular complexity index is 1200. The van der Waals surface area contributed by atoms with Crippen LogP contribution in [0.1, 0.15) is 35.2 Å². The third kappa shape index (κ3) is 4.44. The highest BCUT2D eigenvalue weighted by Gasteiger charge is 2.15.